The van der Waals surface area contributed by atoms with Crippen molar-refractivity contribution in [3.8, 4) is 0 Å². The molecule has 2 heterocycles. The zero-order valence-electron chi connectivity index (χ0n) is 15.8. The summed E-state index contributed by atoms with van der Waals surface area (Å²) >= 11 is 6.05. The molecule has 1 N–H and O–H groups in total. The highest BCUT2D eigenvalue weighted by molar-refractivity contribution is 6.30. The van der Waals surface area contributed by atoms with E-state index in [-0.39, 0.29) is 23.5 Å². The molecule has 0 unspecified atom stereocenters. The number of piperazine rings is 1. The smallest absolute Gasteiger partial charge is 0.252 e. The van der Waals surface area contributed by atoms with Gasteiger partial charge in [0, 0.05) is 37.3 Å². The minimum atomic E-state index is -0.332. The summed E-state index contributed by atoms with van der Waals surface area (Å²) in [5.74, 6) is -0.419. The van der Waals surface area contributed by atoms with Crippen LogP contribution in [0.2, 0.25) is 5.15 Å². The number of nitrogens with zero attached hydrogens (tertiary/aromatic N) is 3. The van der Waals surface area contributed by atoms with Gasteiger partial charge in [0.2, 0.25) is 5.91 Å². The maximum atomic E-state index is 12.7. The van der Waals surface area contributed by atoms with Crippen LogP contribution < -0.4 is 10.2 Å². The SMILES string of the molecule is O=C(NCC(=O)N1CCN(c2ccccc2)CC1)c1cc(Cl)nc2ccccc12. The molecule has 148 valence electrons. The number of para-hydroxylation sites is 2. The summed E-state index contributed by atoms with van der Waals surface area (Å²) in [4.78, 5) is 33.5. The van der Waals surface area contributed by atoms with E-state index < -0.39 is 0 Å². The molecule has 2 amide bonds. The third-order valence-corrected chi connectivity index (χ3v) is 5.28. The summed E-state index contributed by atoms with van der Waals surface area (Å²) in [6, 6.07) is 19.0. The van der Waals surface area contributed by atoms with E-state index in [0.717, 1.165) is 18.8 Å². The van der Waals surface area contributed by atoms with Gasteiger partial charge in [0.05, 0.1) is 17.6 Å². The van der Waals surface area contributed by atoms with Crippen molar-refractivity contribution in [1.29, 1.82) is 0 Å². The van der Waals surface area contributed by atoms with E-state index in [1.807, 2.05) is 36.4 Å². The molecule has 0 atom stereocenters. The van der Waals surface area contributed by atoms with Crippen LogP contribution >= 0.6 is 11.6 Å². The summed E-state index contributed by atoms with van der Waals surface area (Å²) in [5.41, 5.74) is 2.23. The number of nitrogens with one attached hydrogen (secondary N) is 1. The number of fused-ring (bicyclic) bond motifs is 1. The molecule has 1 aromatic heterocycles. The minimum absolute atomic E-state index is 0.0432. The molecule has 3 aromatic rings. The molecular weight excluding hydrogens is 388 g/mol. The predicted octanol–water partition coefficient (Wildman–Crippen LogP) is 2.97. The zero-order valence-corrected chi connectivity index (χ0v) is 16.6. The molecular formula is C22H21ClN4O2. The van der Waals surface area contributed by atoms with Crippen molar-refractivity contribution in [2.24, 2.45) is 0 Å². The maximum absolute atomic E-state index is 12.7. The number of rotatable bonds is 4. The quantitative estimate of drug-likeness (QED) is 0.674. The Hall–Kier alpha value is -3.12. The van der Waals surface area contributed by atoms with Gasteiger partial charge in [0.15, 0.2) is 0 Å². The largest absolute Gasteiger partial charge is 0.368 e. The highest BCUT2D eigenvalue weighted by Gasteiger charge is 2.22. The first-order chi connectivity index (χ1) is 14.1. The van der Waals surface area contributed by atoms with Crippen LogP contribution in [-0.4, -0.2) is 54.4 Å². The molecule has 2 aromatic carbocycles. The van der Waals surface area contributed by atoms with E-state index in [1.165, 1.54) is 6.07 Å². The lowest BCUT2D eigenvalue weighted by Crippen LogP contribution is -2.51. The van der Waals surface area contributed by atoms with Gasteiger partial charge in [-0.15, -0.1) is 0 Å². The predicted molar refractivity (Wildman–Crippen MR) is 114 cm³/mol. The van der Waals surface area contributed by atoms with Crippen molar-refractivity contribution in [2.45, 2.75) is 0 Å². The monoisotopic (exact) mass is 408 g/mol. The Morgan fingerprint density at radius 3 is 2.41 bits per heavy atom. The number of aromatic nitrogens is 1. The second kappa shape index (κ2) is 8.49. The van der Waals surface area contributed by atoms with Crippen molar-refractivity contribution in [3.63, 3.8) is 0 Å². The average Bonchev–Trinajstić information content (AvgIpc) is 2.77. The molecule has 1 saturated heterocycles. The molecule has 0 bridgehead atoms. The van der Waals surface area contributed by atoms with E-state index in [9.17, 15) is 9.59 Å². The highest BCUT2D eigenvalue weighted by atomic mass is 35.5. The molecule has 1 aliphatic heterocycles. The van der Waals surface area contributed by atoms with Crippen LogP contribution in [0.1, 0.15) is 10.4 Å². The lowest BCUT2D eigenvalue weighted by Gasteiger charge is -2.36. The van der Waals surface area contributed by atoms with Gasteiger partial charge < -0.3 is 15.1 Å². The molecule has 6 nitrogen and oxygen atoms in total. The van der Waals surface area contributed by atoms with E-state index >= 15 is 0 Å². The first kappa shape index (κ1) is 19.2. The lowest BCUT2D eigenvalue weighted by molar-refractivity contribution is -0.130. The van der Waals surface area contributed by atoms with Gasteiger partial charge in [0.25, 0.3) is 5.91 Å². The summed E-state index contributed by atoms with van der Waals surface area (Å²) in [6.45, 7) is 2.77. The third-order valence-electron chi connectivity index (χ3n) is 5.08. The van der Waals surface area contributed by atoms with E-state index in [1.54, 1.807) is 11.0 Å². The Balaban J connectivity index is 1.35. The van der Waals surface area contributed by atoms with Crippen LogP contribution in [0.4, 0.5) is 5.69 Å². The van der Waals surface area contributed by atoms with Crippen LogP contribution in [0.25, 0.3) is 10.9 Å². The first-order valence-corrected chi connectivity index (χ1v) is 9.91. The molecule has 0 saturated carbocycles. The Morgan fingerprint density at radius 1 is 0.966 bits per heavy atom. The van der Waals surface area contributed by atoms with Crippen molar-refractivity contribution < 1.29 is 9.59 Å². The molecule has 1 aliphatic rings. The van der Waals surface area contributed by atoms with Crippen molar-refractivity contribution in [2.75, 3.05) is 37.6 Å². The highest BCUT2D eigenvalue weighted by Crippen LogP contribution is 2.21. The summed E-state index contributed by atoms with van der Waals surface area (Å²) in [5, 5.41) is 3.68. The zero-order chi connectivity index (χ0) is 20.2. The Labute approximate surface area is 174 Å². The summed E-state index contributed by atoms with van der Waals surface area (Å²) in [6.07, 6.45) is 0. The fourth-order valence-electron chi connectivity index (χ4n) is 3.55. The van der Waals surface area contributed by atoms with Crippen LogP contribution in [-0.2, 0) is 4.79 Å². The van der Waals surface area contributed by atoms with Gasteiger partial charge in [-0.3, -0.25) is 9.59 Å². The van der Waals surface area contributed by atoms with Gasteiger partial charge >= 0.3 is 0 Å². The minimum Gasteiger partial charge on any atom is -0.368 e. The number of benzene rings is 2. The normalized spacial score (nSPS) is 14.1. The number of anilines is 1. The van der Waals surface area contributed by atoms with E-state index in [4.69, 9.17) is 11.6 Å². The average molecular weight is 409 g/mol. The summed E-state index contributed by atoms with van der Waals surface area (Å²) in [7, 11) is 0. The number of halogens is 1. The second-order valence-electron chi connectivity index (χ2n) is 6.90. The van der Waals surface area contributed by atoms with Gasteiger partial charge in [-0.25, -0.2) is 4.98 Å². The number of hydrogen-bond acceptors (Lipinski definition) is 4. The fourth-order valence-corrected chi connectivity index (χ4v) is 3.75. The molecule has 29 heavy (non-hydrogen) atoms. The van der Waals surface area contributed by atoms with E-state index in [0.29, 0.717) is 29.6 Å². The number of carbonyl (C=O) groups is 2. The molecule has 0 spiro atoms. The molecule has 0 aliphatic carbocycles. The van der Waals surface area contributed by atoms with Crippen molar-refractivity contribution >= 4 is 40.0 Å². The molecule has 1 fully saturated rings. The Kier molecular flexibility index (Phi) is 5.62. The first-order valence-electron chi connectivity index (χ1n) is 9.53. The lowest BCUT2D eigenvalue weighted by atomic mass is 10.1. The maximum Gasteiger partial charge on any atom is 0.252 e. The topological polar surface area (TPSA) is 65.5 Å². The van der Waals surface area contributed by atoms with Gasteiger partial charge in [-0.2, -0.15) is 0 Å². The third kappa shape index (κ3) is 4.32. The Morgan fingerprint density at radius 2 is 1.66 bits per heavy atom. The van der Waals surface area contributed by atoms with E-state index in [2.05, 4.69) is 27.3 Å². The molecule has 7 heteroatoms. The van der Waals surface area contributed by atoms with Crippen LogP contribution in [0.3, 0.4) is 0 Å². The van der Waals surface area contributed by atoms with Gasteiger partial charge in [0.1, 0.15) is 5.15 Å². The number of pyridine rings is 1. The number of hydrogen-bond donors (Lipinski definition) is 1. The number of carbonyl (C=O) groups excluding carboxylic acids is 2. The van der Waals surface area contributed by atoms with Crippen molar-refractivity contribution in [3.05, 3.63) is 71.4 Å². The number of amides is 2. The Bertz CT molecular complexity index is 1030. The van der Waals surface area contributed by atoms with Crippen LogP contribution in [0, 0.1) is 0 Å². The molecule has 0 radical (unpaired) electrons. The fraction of sp³-hybridized carbons (Fsp3) is 0.227. The van der Waals surface area contributed by atoms with Crippen molar-refractivity contribution in [1.82, 2.24) is 15.2 Å². The second-order valence-corrected chi connectivity index (χ2v) is 7.28. The van der Waals surface area contributed by atoms with Crippen LogP contribution in [0.15, 0.2) is 60.7 Å². The van der Waals surface area contributed by atoms with Gasteiger partial charge in [-0.1, -0.05) is 48.0 Å². The van der Waals surface area contributed by atoms with Crippen LogP contribution in [0.5, 0.6) is 0 Å². The molecule has 4 rings (SSSR count). The van der Waals surface area contributed by atoms with Gasteiger partial charge in [-0.05, 0) is 24.3 Å². The standard InChI is InChI=1S/C22H21ClN4O2/c23-20-14-18(17-8-4-5-9-19(17)25-20)22(29)24-15-21(28)27-12-10-26(11-13-27)16-6-2-1-3-7-16/h1-9,14H,10-13,15H2,(H,24,29). The summed E-state index contributed by atoms with van der Waals surface area (Å²) < 4.78 is 0.